The van der Waals surface area contributed by atoms with E-state index in [1.165, 1.54) is 26.9 Å². The molecule has 0 spiro atoms. The lowest BCUT2D eigenvalue weighted by molar-refractivity contribution is 0.416. The summed E-state index contributed by atoms with van der Waals surface area (Å²) in [5, 5.41) is 20.9. The average molecular weight is 309 g/mol. The van der Waals surface area contributed by atoms with Crippen molar-refractivity contribution in [3.8, 4) is 0 Å². The van der Waals surface area contributed by atoms with Gasteiger partial charge < -0.3 is 10.4 Å². The van der Waals surface area contributed by atoms with E-state index in [0.29, 0.717) is 0 Å². The topological polar surface area (TPSA) is 32.3 Å². The smallest absolute Gasteiger partial charge is 0.196 e. The Balaban J connectivity index is 1.80. The Morgan fingerprint density at radius 3 is 2.08 bits per heavy atom. The maximum atomic E-state index is 10.4. The van der Waals surface area contributed by atoms with Gasteiger partial charge in [-0.15, -0.1) is 0 Å². The highest BCUT2D eigenvalue weighted by Gasteiger charge is 2.12. The van der Waals surface area contributed by atoms with Gasteiger partial charge in [0, 0.05) is 16.6 Å². The summed E-state index contributed by atoms with van der Waals surface area (Å²) < 4.78 is 0. The molecule has 1 aliphatic rings. The Bertz CT molecular complexity index is 1150. The second kappa shape index (κ2) is 4.87. The molecule has 0 bridgehead atoms. The average Bonchev–Trinajstić information content (AvgIpc) is 3.16. The number of hydrogen-bond donors (Lipinski definition) is 2. The van der Waals surface area contributed by atoms with E-state index in [1.54, 1.807) is 0 Å². The van der Waals surface area contributed by atoms with Crippen molar-refractivity contribution < 1.29 is 5.11 Å². The molecule has 0 aliphatic heterocycles. The molecule has 2 nitrogen and oxygen atoms in total. The fraction of sp³-hybridized carbons (Fsp3) is 0. The standard InChI is InChI=1S/C22H15NO/c24-22(17-4-1-2-5-17)23-19-13-11-16-9-8-14-6-3-7-15-10-12-18(19)21(16)20(14)15/h1-13,23-24H. The third kappa shape index (κ3) is 1.83. The van der Waals surface area contributed by atoms with Crippen LogP contribution in [0, 0.1) is 0 Å². The van der Waals surface area contributed by atoms with Crippen molar-refractivity contribution in [1.82, 2.24) is 0 Å². The molecule has 0 saturated carbocycles. The Morgan fingerprint density at radius 2 is 1.33 bits per heavy atom. The molecule has 0 atom stereocenters. The second-order valence-corrected chi connectivity index (χ2v) is 6.12. The van der Waals surface area contributed by atoms with Gasteiger partial charge in [-0.25, -0.2) is 0 Å². The molecule has 0 aromatic heterocycles. The van der Waals surface area contributed by atoms with Gasteiger partial charge in [-0.05, 0) is 45.1 Å². The highest BCUT2D eigenvalue weighted by Crippen LogP contribution is 2.38. The molecule has 24 heavy (non-hydrogen) atoms. The number of rotatable bonds is 2. The van der Waals surface area contributed by atoms with E-state index < -0.39 is 0 Å². The zero-order valence-electron chi connectivity index (χ0n) is 13.0. The minimum atomic E-state index is 0.176. The zero-order chi connectivity index (χ0) is 16.1. The first-order valence-electron chi connectivity index (χ1n) is 8.03. The molecule has 0 fully saturated rings. The fourth-order valence-corrected chi connectivity index (χ4v) is 3.58. The molecule has 0 unspecified atom stereocenters. The van der Waals surface area contributed by atoms with Crippen molar-refractivity contribution in [2.45, 2.75) is 0 Å². The molecule has 5 rings (SSSR count). The molecule has 2 heteroatoms. The lowest BCUT2D eigenvalue weighted by Gasteiger charge is -2.15. The van der Waals surface area contributed by atoms with E-state index in [9.17, 15) is 5.11 Å². The van der Waals surface area contributed by atoms with Gasteiger partial charge in [-0.1, -0.05) is 60.7 Å². The third-order valence-corrected chi connectivity index (χ3v) is 4.72. The number of anilines is 1. The predicted molar refractivity (Wildman–Crippen MR) is 102 cm³/mol. The van der Waals surface area contributed by atoms with Crippen LogP contribution in [0.3, 0.4) is 0 Å². The third-order valence-electron chi connectivity index (χ3n) is 4.72. The van der Waals surface area contributed by atoms with Crippen LogP contribution in [0.2, 0.25) is 0 Å². The summed E-state index contributed by atoms with van der Waals surface area (Å²) in [5.74, 6) is 0.176. The normalized spacial score (nSPS) is 13.6. The summed E-state index contributed by atoms with van der Waals surface area (Å²) >= 11 is 0. The van der Waals surface area contributed by atoms with E-state index in [0.717, 1.165) is 16.6 Å². The monoisotopic (exact) mass is 309 g/mol. The van der Waals surface area contributed by atoms with Crippen LogP contribution in [-0.4, -0.2) is 5.11 Å². The molecule has 114 valence electrons. The lowest BCUT2D eigenvalue weighted by Crippen LogP contribution is -2.01. The van der Waals surface area contributed by atoms with Crippen molar-refractivity contribution in [2.75, 3.05) is 5.32 Å². The molecule has 0 saturated heterocycles. The number of hydrogen-bond acceptors (Lipinski definition) is 2. The van der Waals surface area contributed by atoms with Crippen molar-refractivity contribution in [3.63, 3.8) is 0 Å². The molecule has 2 N–H and O–H groups in total. The van der Waals surface area contributed by atoms with Crippen molar-refractivity contribution in [3.05, 3.63) is 90.4 Å². The molecule has 0 amide bonds. The molecule has 1 aliphatic carbocycles. The summed E-state index contributed by atoms with van der Waals surface area (Å²) in [5.41, 5.74) is 1.71. The maximum Gasteiger partial charge on any atom is 0.196 e. The van der Waals surface area contributed by atoms with Crippen molar-refractivity contribution >= 4 is 38.0 Å². The Hall–Kier alpha value is -3.26. The van der Waals surface area contributed by atoms with E-state index in [2.05, 4.69) is 53.8 Å². The zero-order valence-corrected chi connectivity index (χ0v) is 13.0. The van der Waals surface area contributed by atoms with E-state index in [-0.39, 0.29) is 5.88 Å². The van der Waals surface area contributed by atoms with E-state index in [4.69, 9.17) is 0 Å². The van der Waals surface area contributed by atoms with Crippen LogP contribution >= 0.6 is 0 Å². The van der Waals surface area contributed by atoms with E-state index in [1.807, 2.05) is 30.4 Å². The van der Waals surface area contributed by atoms with Crippen LogP contribution < -0.4 is 5.32 Å². The van der Waals surface area contributed by atoms with Crippen LogP contribution in [0.5, 0.6) is 0 Å². The van der Waals surface area contributed by atoms with Gasteiger partial charge in [-0.2, -0.15) is 0 Å². The Morgan fingerprint density at radius 1 is 0.708 bits per heavy atom. The minimum Gasteiger partial charge on any atom is -0.494 e. The summed E-state index contributed by atoms with van der Waals surface area (Å²) in [4.78, 5) is 0. The first kappa shape index (κ1) is 13.2. The first-order chi connectivity index (χ1) is 11.8. The van der Waals surface area contributed by atoms with Gasteiger partial charge in [0.25, 0.3) is 0 Å². The summed E-state index contributed by atoms with van der Waals surface area (Å²) in [6, 6.07) is 19.1. The Labute approximate surface area is 139 Å². The summed E-state index contributed by atoms with van der Waals surface area (Å²) in [7, 11) is 0. The molecule has 4 aromatic carbocycles. The van der Waals surface area contributed by atoms with Crippen LogP contribution in [0.4, 0.5) is 5.69 Å². The maximum absolute atomic E-state index is 10.4. The van der Waals surface area contributed by atoms with Crippen LogP contribution in [0.25, 0.3) is 32.3 Å². The summed E-state index contributed by atoms with van der Waals surface area (Å²) in [6.45, 7) is 0. The quantitative estimate of drug-likeness (QED) is 0.357. The Kier molecular flexibility index (Phi) is 2.68. The largest absolute Gasteiger partial charge is 0.494 e. The SMILES string of the molecule is OC(Nc1ccc2ccc3cccc4ccc1c2c34)=C1C=CC=C1. The number of aliphatic hydroxyl groups excluding tert-OH is 1. The molecule has 0 radical (unpaired) electrons. The highest BCUT2D eigenvalue weighted by molar-refractivity contribution is 6.25. The van der Waals surface area contributed by atoms with Crippen molar-refractivity contribution in [1.29, 1.82) is 0 Å². The van der Waals surface area contributed by atoms with Gasteiger partial charge in [0.2, 0.25) is 0 Å². The minimum absolute atomic E-state index is 0.176. The van der Waals surface area contributed by atoms with Crippen molar-refractivity contribution in [2.24, 2.45) is 0 Å². The second-order valence-electron chi connectivity index (χ2n) is 6.12. The number of benzene rings is 4. The van der Waals surface area contributed by atoms with Crippen LogP contribution in [0.15, 0.2) is 90.4 Å². The molecule has 0 heterocycles. The highest BCUT2D eigenvalue weighted by atomic mass is 16.3. The van der Waals surface area contributed by atoms with Gasteiger partial charge in [0.15, 0.2) is 5.88 Å². The molecule has 4 aromatic rings. The van der Waals surface area contributed by atoms with Gasteiger partial charge in [0.1, 0.15) is 0 Å². The van der Waals surface area contributed by atoms with E-state index >= 15 is 0 Å². The predicted octanol–water partition coefficient (Wildman–Crippen LogP) is 5.89. The number of nitrogens with one attached hydrogen (secondary N) is 1. The summed E-state index contributed by atoms with van der Waals surface area (Å²) in [6.07, 6.45) is 7.60. The number of allylic oxidation sites excluding steroid dienone is 5. The van der Waals surface area contributed by atoms with Gasteiger partial charge in [0.05, 0.1) is 0 Å². The van der Waals surface area contributed by atoms with Gasteiger partial charge >= 0.3 is 0 Å². The molecular formula is C22H15NO. The van der Waals surface area contributed by atoms with Crippen LogP contribution in [0.1, 0.15) is 0 Å². The number of aliphatic hydroxyl groups is 1. The molecular weight excluding hydrogens is 294 g/mol. The first-order valence-corrected chi connectivity index (χ1v) is 8.03. The fourth-order valence-electron chi connectivity index (χ4n) is 3.58. The van der Waals surface area contributed by atoms with Gasteiger partial charge in [-0.3, -0.25) is 0 Å². The van der Waals surface area contributed by atoms with Crippen LogP contribution in [-0.2, 0) is 0 Å². The lowest BCUT2D eigenvalue weighted by atomic mass is 9.93.